The van der Waals surface area contributed by atoms with E-state index in [1.54, 1.807) is 18.2 Å². The Labute approximate surface area is 159 Å². The largest absolute Gasteiger partial charge is 0.350 e. The summed E-state index contributed by atoms with van der Waals surface area (Å²) in [6, 6.07) is 13.8. The average Bonchev–Trinajstić information content (AvgIpc) is 2.89. The predicted octanol–water partition coefficient (Wildman–Crippen LogP) is 2.37. The highest BCUT2D eigenvalue weighted by Gasteiger charge is 2.32. The van der Waals surface area contributed by atoms with Crippen molar-refractivity contribution in [1.82, 2.24) is 10.0 Å². The van der Waals surface area contributed by atoms with Gasteiger partial charge in [-0.05, 0) is 30.5 Å². The summed E-state index contributed by atoms with van der Waals surface area (Å²) < 4.78 is 26.9. The summed E-state index contributed by atoms with van der Waals surface area (Å²) in [6.07, 6.45) is 0. The summed E-state index contributed by atoms with van der Waals surface area (Å²) in [6.45, 7) is 6.17. The van der Waals surface area contributed by atoms with Crippen LogP contribution in [0.15, 0.2) is 58.4 Å². The van der Waals surface area contributed by atoms with E-state index in [0.717, 1.165) is 11.1 Å². The highest BCUT2D eigenvalue weighted by Crippen LogP contribution is 2.23. The molecule has 7 heteroatoms. The molecular formula is C20H23N3O3S. The van der Waals surface area contributed by atoms with Gasteiger partial charge in [-0.15, -0.1) is 0 Å². The molecule has 0 bridgehead atoms. The van der Waals surface area contributed by atoms with Crippen LogP contribution in [0.25, 0.3) is 0 Å². The lowest BCUT2D eigenvalue weighted by Crippen LogP contribution is -2.38. The van der Waals surface area contributed by atoms with Gasteiger partial charge in [0.15, 0.2) is 0 Å². The van der Waals surface area contributed by atoms with Gasteiger partial charge in [0.2, 0.25) is 5.91 Å². The van der Waals surface area contributed by atoms with Crippen LogP contribution < -0.4 is 10.0 Å². The number of sulfonamides is 1. The molecule has 0 saturated heterocycles. The molecule has 27 heavy (non-hydrogen) atoms. The molecule has 0 spiro atoms. The van der Waals surface area contributed by atoms with Crippen molar-refractivity contribution in [3.05, 3.63) is 65.2 Å². The number of carbonyl (C=O) groups excluding carboxylic acids is 1. The second-order valence-corrected chi connectivity index (χ2v) is 8.62. The highest BCUT2D eigenvalue weighted by molar-refractivity contribution is 7.90. The normalized spacial score (nSPS) is 17.4. The number of rotatable bonds is 5. The Morgan fingerprint density at radius 2 is 1.78 bits per heavy atom. The molecule has 0 aromatic heterocycles. The Hall–Kier alpha value is -2.67. The molecule has 1 aliphatic heterocycles. The lowest BCUT2D eigenvalue weighted by Gasteiger charge is -2.17. The van der Waals surface area contributed by atoms with Gasteiger partial charge >= 0.3 is 0 Å². The van der Waals surface area contributed by atoms with Crippen molar-refractivity contribution in [2.24, 2.45) is 10.9 Å². The molecular weight excluding hydrogens is 362 g/mol. The van der Waals surface area contributed by atoms with Crippen molar-refractivity contribution < 1.29 is 13.2 Å². The van der Waals surface area contributed by atoms with Gasteiger partial charge in [0.05, 0.1) is 4.90 Å². The lowest BCUT2D eigenvalue weighted by atomic mass is 10.0. The summed E-state index contributed by atoms with van der Waals surface area (Å²) in [4.78, 5) is 17.3. The number of aryl methyl sites for hydroxylation is 1. The first kappa shape index (κ1) is 19.1. The van der Waals surface area contributed by atoms with E-state index in [1.165, 1.54) is 6.07 Å². The van der Waals surface area contributed by atoms with Crippen LogP contribution in [0, 0.1) is 12.8 Å². The number of aliphatic imine (C=N–C) groups is 1. The molecule has 1 atom stereocenters. The first-order chi connectivity index (χ1) is 12.8. The quantitative estimate of drug-likeness (QED) is 0.828. The Morgan fingerprint density at radius 1 is 1.11 bits per heavy atom. The molecule has 2 aromatic rings. The van der Waals surface area contributed by atoms with E-state index >= 15 is 0 Å². The van der Waals surface area contributed by atoms with Crippen LogP contribution in [0.5, 0.6) is 0 Å². The molecule has 0 aliphatic carbocycles. The van der Waals surface area contributed by atoms with Crippen LogP contribution in [-0.2, 0) is 21.4 Å². The fourth-order valence-electron chi connectivity index (χ4n) is 2.88. The van der Waals surface area contributed by atoms with Crippen LogP contribution in [-0.4, -0.2) is 26.2 Å². The van der Waals surface area contributed by atoms with Gasteiger partial charge in [-0.2, -0.15) is 0 Å². The lowest BCUT2D eigenvalue weighted by molar-refractivity contribution is -0.123. The number of nitrogens with one attached hydrogen (secondary N) is 2. The van der Waals surface area contributed by atoms with Crippen molar-refractivity contribution in [3.63, 3.8) is 0 Å². The maximum absolute atomic E-state index is 12.7. The molecule has 0 radical (unpaired) electrons. The standard InChI is InChI=1S/C20H23N3O3S/c1-13(2)18(20(24)21-12-15-10-8-14(3)9-11-15)22-19-16-6-4-5-7-17(16)27(25,26)23-19/h4-11,13,18H,12H2,1-3H3,(H,21,24)(H,22,23)/t18-/m1/s1. The maximum atomic E-state index is 12.7. The molecule has 6 nitrogen and oxygen atoms in total. The van der Waals surface area contributed by atoms with Gasteiger partial charge in [-0.25, -0.2) is 8.42 Å². The minimum absolute atomic E-state index is 0.0900. The number of nitrogens with zero attached hydrogens (tertiary/aromatic N) is 1. The van der Waals surface area contributed by atoms with Crippen molar-refractivity contribution in [3.8, 4) is 0 Å². The number of carbonyl (C=O) groups is 1. The topological polar surface area (TPSA) is 87.6 Å². The van der Waals surface area contributed by atoms with Crippen molar-refractivity contribution >= 4 is 21.8 Å². The fourth-order valence-corrected chi connectivity index (χ4v) is 4.12. The summed E-state index contributed by atoms with van der Waals surface area (Å²) in [5.41, 5.74) is 2.65. The van der Waals surface area contributed by atoms with Crippen molar-refractivity contribution in [2.45, 2.75) is 38.3 Å². The smallest absolute Gasteiger partial charge is 0.263 e. The first-order valence-corrected chi connectivity index (χ1v) is 10.3. The van der Waals surface area contributed by atoms with Gasteiger partial charge in [-0.3, -0.25) is 14.5 Å². The van der Waals surface area contributed by atoms with Crippen LogP contribution in [0.1, 0.15) is 30.5 Å². The van der Waals surface area contributed by atoms with Crippen molar-refractivity contribution in [1.29, 1.82) is 0 Å². The fraction of sp³-hybridized carbons (Fsp3) is 0.300. The molecule has 3 rings (SSSR count). The van der Waals surface area contributed by atoms with E-state index in [-0.39, 0.29) is 22.6 Å². The van der Waals surface area contributed by atoms with Crippen LogP contribution >= 0.6 is 0 Å². The third-order valence-corrected chi connectivity index (χ3v) is 5.82. The van der Waals surface area contributed by atoms with Gasteiger partial charge in [0.1, 0.15) is 11.9 Å². The van der Waals surface area contributed by atoms with Gasteiger partial charge in [0.25, 0.3) is 10.0 Å². The van der Waals surface area contributed by atoms with Gasteiger partial charge < -0.3 is 5.32 Å². The van der Waals surface area contributed by atoms with Gasteiger partial charge in [-0.1, -0.05) is 55.8 Å². The third-order valence-electron chi connectivity index (χ3n) is 4.42. The Morgan fingerprint density at radius 3 is 2.44 bits per heavy atom. The summed E-state index contributed by atoms with van der Waals surface area (Å²) >= 11 is 0. The van der Waals surface area contributed by atoms with Crippen LogP contribution in [0.3, 0.4) is 0 Å². The zero-order chi connectivity index (χ0) is 19.6. The van der Waals surface area contributed by atoms with E-state index < -0.39 is 16.1 Å². The number of amidine groups is 1. The first-order valence-electron chi connectivity index (χ1n) is 8.81. The molecule has 0 unspecified atom stereocenters. The number of fused-ring (bicyclic) bond motifs is 1. The monoisotopic (exact) mass is 385 g/mol. The molecule has 2 aromatic carbocycles. The van der Waals surface area contributed by atoms with Crippen molar-refractivity contribution in [2.75, 3.05) is 0 Å². The van der Waals surface area contributed by atoms with E-state index in [9.17, 15) is 13.2 Å². The zero-order valence-corrected chi connectivity index (χ0v) is 16.4. The van der Waals surface area contributed by atoms with E-state index in [4.69, 9.17) is 0 Å². The zero-order valence-electron chi connectivity index (χ0n) is 15.6. The summed E-state index contributed by atoms with van der Waals surface area (Å²) in [7, 11) is -3.62. The minimum Gasteiger partial charge on any atom is -0.350 e. The second kappa shape index (κ2) is 7.52. The van der Waals surface area contributed by atoms with Crippen LogP contribution in [0.2, 0.25) is 0 Å². The third kappa shape index (κ3) is 4.19. The molecule has 0 fully saturated rings. The summed E-state index contributed by atoms with van der Waals surface area (Å²) in [5.74, 6) is -0.107. The number of hydrogen-bond acceptors (Lipinski definition) is 4. The molecule has 0 saturated carbocycles. The van der Waals surface area contributed by atoms with E-state index in [0.29, 0.717) is 12.1 Å². The highest BCUT2D eigenvalue weighted by atomic mass is 32.2. The molecule has 142 valence electrons. The predicted molar refractivity (Wildman–Crippen MR) is 105 cm³/mol. The molecule has 1 aliphatic rings. The molecule has 2 N–H and O–H groups in total. The Balaban J connectivity index is 1.81. The minimum atomic E-state index is -3.62. The number of benzene rings is 2. The molecule has 1 amide bonds. The average molecular weight is 385 g/mol. The Bertz CT molecular complexity index is 980. The SMILES string of the molecule is Cc1ccc(CNC(=O)[C@H](N=C2NS(=O)(=O)c3ccccc32)C(C)C)cc1. The maximum Gasteiger partial charge on any atom is 0.263 e. The number of hydrogen-bond donors (Lipinski definition) is 2. The molecule has 1 heterocycles. The van der Waals surface area contributed by atoms with Crippen LogP contribution in [0.4, 0.5) is 0 Å². The van der Waals surface area contributed by atoms with E-state index in [2.05, 4.69) is 15.0 Å². The summed E-state index contributed by atoms with van der Waals surface area (Å²) in [5, 5.41) is 2.90. The van der Waals surface area contributed by atoms with E-state index in [1.807, 2.05) is 45.0 Å². The Kier molecular flexibility index (Phi) is 5.32. The second-order valence-electron chi connectivity index (χ2n) is 6.97. The number of amides is 1. The van der Waals surface area contributed by atoms with Gasteiger partial charge in [0, 0.05) is 12.1 Å².